The van der Waals surface area contributed by atoms with Gasteiger partial charge in [-0.3, -0.25) is 37.9 Å². The Labute approximate surface area is 491 Å². The molecule has 0 saturated heterocycles. The summed E-state index contributed by atoms with van der Waals surface area (Å²) in [6.45, 7) is -3.30. The van der Waals surface area contributed by atoms with Gasteiger partial charge in [0.15, 0.2) is 0 Å². The van der Waals surface area contributed by atoms with Crippen molar-refractivity contribution < 1.29 is 172 Å². The zero-order chi connectivity index (χ0) is 57.2. The second-order valence-corrected chi connectivity index (χ2v) is 37.2. The predicted octanol–water partition coefficient (Wildman–Crippen LogP) is -10.6. The molecule has 0 aromatic rings. The van der Waals surface area contributed by atoms with Crippen molar-refractivity contribution in [1.29, 1.82) is 0 Å². The number of hydrogen-bond acceptors (Lipinski definition) is 32. The summed E-state index contributed by atoms with van der Waals surface area (Å²) in [6.07, 6.45) is -4.06. The second kappa shape index (κ2) is 50.4. The molecule has 0 rings (SSSR count). The lowest BCUT2D eigenvalue weighted by Crippen LogP contribution is -2.46. The molecule has 0 heterocycles. The summed E-state index contributed by atoms with van der Waals surface area (Å²) in [6, 6.07) is 0. The van der Waals surface area contributed by atoms with Crippen LogP contribution in [-0.2, 0) is 54.8 Å². The monoisotopic (exact) mass is 1550 g/mol. The Kier molecular flexibility index (Phi) is 81.5. The van der Waals surface area contributed by atoms with Crippen molar-refractivity contribution >= 4 is 91.1 Å². The van der Waals surface area contributed by atoms with Crippen LogP contribution in [0.15, 0.2) is 0 Å². The van der Waals surface area contributed by atoms with E-state index >= 15 is 0 Å². The molecule has 0 aliphatic heterocycles. The largest absolute Gasteiger partial charge is 0.810 e. The predicted molar refractivity (Wildman–Crippen MR) is 290 cm³/mol. The number of nitrogens with zero attached hydrogens (tertiary/aromatic N) is 6. The highest BCUT2D eigenvalue weighted by molar-refractivity contribution is 8.02. The Morgan fingerprint density at radius 1 is 0.244 bits per heavy atom. The summed E-state index contributed by atoms with van der Waals surface area (Å²) in [7, 11) is -76.3. The molecule has 0 aromatic heterocycles. The molecule has 0 aliphatic carbocycles. The summed E-state index contributed by atoms with van der Waals surface area (Å²) < 4.78 is 118. The van der Waals surface area contributed by atoms with Crippen LogP contribution in [0.4, 0.5) is 0 Å². The Balaban J connectivity index is -0.0000000459. The van der Waals surface area contributed by atoms with Gasteiger partial charge in [0.1, 0.15) is 0 Å². The average molecular weight is 1550 g/mol. The van der Waals surface area contributed by atoms with Gasteiger partial charge in [0.2, 0.25) is 8.76 Å². The van der Waals surface area contributed by atoms with Crippen LogP contribution in [0.5, 0.6) is 0 Å². The molecule has 0 fully saturated rings. The summed E-state index contributed by atoms with van der Waals surface area (Å²) in [5, 5.41) is 0. The lowest BCUT2D eigenvalue weighted by molar-refractivity contribution is -0.333. The van der Waals surface area contributed by atoms with Crippen LogP contribution in [0.2, 0.25) is 0 Å². The Bertz CT molecular complexity index is 1980. The third kappa shape index (κ3) is 46.1. The fourth-order valence-corrected chi connectivity index (χ4v) is 23.5. The second-order valence-electron chi connectivity index (χ2n) is 13.3. The Morgan fingerprint density at radius 2 is 0.349 bits per heavy atom. The van der Waals surface area contributed by atoms with Crippen molar-refractivity contribution in [3.05, 3.63) is 0 Å². The number of rotatable bonds is 29. The van der Waals surface area contributed by atoms with Crippen LogP contribution in [0, 0.1) is 0 Å². The standard InChI is InChI=1S/C14H36N6O12P4.2CH8O12P4.16H3N/c15-1-3-17(11-33(21,22)23)5-7-19(13-35(27,28)29)9-10-20(14-36(30,31)32)8-6-18(4-2-16)12-34(24,25)26;2*2-14(3,4)1(15(5,6)7,16(8,9)10)17(11,12)13;;;;;;;;;;;;;;;;/h1-14H2,(H2,21,22,23)(H2,24,25,26)(H2,27,28,29)(H2,30,31,32);2*(H2,2,3,4)(H2,5,6,7)(H2,8,9,10)(H2,11,12,13);16*1H3. The fraction of sp³-hybridized carbons (Fsp3) is 1.00. The van der Waals surface area contributed by atoms with Gasteiger partial charge in [-0.15, -0.1) is 11.5 Å². The van der Waals surface area contributed by atoms with Crippen molar-refractivity contribution in [2.24, 2.45) is 0 Å². The molecule has 0 unspecified atom stereocenters. The summed E-state index contributed by atoms with van der Waals surface area (Å²) in [4.78, 5) is 245. The lowest BCUT2D eigenvalue weighted by Gasteiger charge is -2.57. The van der Waals surface area contributed by atoms with Crippen LogP contribution in [0.3, 0.4) is 0 Å². The van der Waals surface area contributed by atoms with Crippen molar-refractivity contribution in [2.45, 2.75) is 8.76 Å². The van der Waals surface area contributed by atoms with Gasteiger partial charge in [0.25, 0.3) is 0 Å². The van der Waals surface area contributed by atoms with Gasteiger partial charge in [-0.05, 0) is 30.4 Å². The van der Waals surface area contributed by atoms with E-state index in [2.05, 4.69) is 0 Å². The van der Waals surface area contributed by atoms with E-state index in [4.69, 9.17) is 50.6 Å². The molecule has 0 aromatic carbocycles. The van der Waals surface area contributed by atoms with Gasteiger partial charge in [-0.25, -0.2) is 0 Å². The molecule has 0 spiro atoms. The minimum absolute atomic E-state index is 0. The van der Waals surface area contributed by atoms with E-state index in [0.29, 0.717) is 0 Å². The zero-order valence-corrected chi connectivity index (χ0v) is 60.7. The van der Waals surface area contributed by atoms with E-state index in [1.807, 2.05) is 0 Å². The maximum Gasteiger partial charge on any atom is 0.353 e. The normalized spacial score (nSPS) is 12.2. The lowest BCUT2D eigenvalue weighted by atomic mass is 10.4. The van der Waals surface area contributed by atoms with Gasteiger partial charge in [-0.2, -0.15) is 0 Å². The van der Waals surface area contributed by atoms with Crippen molar-refractivity contribution in [3.63, 3.8) is 0 Å². The SMILES string of the molecule is O=P([O-])([O-])C(P(=O)([O-])[O-])(P(=O)(O)O)P(=O)(O)O.O=P([O-])([O-])C(P(=O)([O-])[O-])(P(=O)(O)O)P(=O)(O)O.[NH4+].[NH4+].[NH4+].[NH4+].[NH4+].[NH4+].[NH4+].[NH4+].[NH4+].[NH4+].[NH4+].[NH4+].[NH4+].[NH4+].[NH4+].[NH4+].[N]CCN(CCN(CCN(CCN(CC[N])CP(=O)([O-])[O-])CP(=O)([O-])[O-])CP(=O)([O-])[O-])CP(=O)([O-])[O-]. The Hall–Kier alpha value is 0.920. The van der Waals surface area contributed by atoms with Gasteiger partial charge in [0, 0.05) is 90.6 Å². The maximum absolute atomic E-state index is 11.3. The first-order chi connectivity index (χ1) is 30.2. The molecule has 0 bridgehead atoms. The topological polar surface area (TPSA) is 1380 Å². The van der Waals surface area contributed by atoms with Gasteiger partial charge in [0.05, 0.1) is 0 Å². The molecular formula is C16H100N22O36P12. The zero-order valence-electron chi connectivity index (χ0n) is 50.0. The van der Waals surface area contributed by atoms with Crippen molar-refractivity contribution in [3.8, 4) is 0 Å². The third-order valence-corrected chi connectivity index (χ3v) is 34.8. The van der Waals surface area contributed by atoms with E-state index in [9.17, 15) is 133 Å². The highest BCUT2D eigenvalue weighted by Gasteiger charge is 2.66. The van der Waals surface area contributed by atoms with Gasteiger partial charge < -0.3 is 252 Å². The first-order valence-electron chi connectivity index (χ1n) is 16.7. The molecular weight excluding hydrogens is 1450 g/mol. The van der Waals surface area contributed by atoms with E-state index in [1.165, 1.54) is 0 Å². The van der Waals surface area contributed by atoms with Crippen LogP contribution >= 0.6 is 91.1 Å². The maximum atomic E-state index is 11.3. The van der Waals surface area contributed by atoms with E-state index in [-0.39, 0.29) is 151 Å². The first-order valence-corrected chi connectivity index (χ1v) is 36.2. The molecule has 0 atom stereocenters. The molecule has 70 heteroatoms. The quantitative estimate of drug-likeness (QED) is 0.0309. The molecule has 72 N–H and O–H groups in total. The van der Waals surface area contributed by atoms with Crippen molar-refractivity contribution in [2.75, 3.05) is 90.6 Å². The highest BCUT2D eigenvalue weighted by Crippen LogP contribution is 2.91. The molecule has 58 nitrogen and oxygen atoms in total. The highest BCUT2D eigenvalue weighted by atomic mass is 31.4. The van der Waals surface area contributed by atoms with Crippen LogP contribution in [-0.4, -0.2) is 158 Å². The summed E-state index contributed by atoms with van der Waals surface area (Å²) >= 11 is 0. The molecule has 86 heavy (non-hydrogen) atoms. The van der Waals surface area contributed by atoms with E-state index < -0.39 is 138 Å². The summed E-state index contributed by atoms with van der Waals surface area (Å²) in [5.74, 6) is 0. The minimum Gasteiger partial charge on any atom is -0.810 e. The van der Waals surface area contributed by atoms with E-state index in [1.54, 1.807) is 0 Å². The first kappa shape index (κ1) is 139. The number of hydrogen-bond donors (Lipinski definition) is 24. The Morgan fingerprint density at radius 3 is 0.407 bits per heavy atom. The molecule has 0 saturated carbocycles. The molecule has 0 amide bonds. The molecule has 550 valence electrons. The van der Waals surface area contributed by atoms with Crippen LogP contribution < -0.4 is 188 Å². The smallest absolute Gasteiger partial charge is 0.353 e. The van der Waals surface area contributed by atoms with E-state index in [0.717, 1.165) is 19.6 Å². The molecule has 0 aliphatic rings. The van der Waals surface area contributed by atoms with Crippen molar-refractivity contribution in [1.82, 2.24) is 129 Å². The van der Waals surface area contributed by atoms with Crippen LogP contribution in [0.1, 0.15) is 0 Å². The van der Waals surface area contributed by atoms with Gasteiger partial charge in [-0.1, -0.05) is 30.4 Å². The summed E-state index contributed by atoms with van der Waals surface area (Å²) in [5.41, 5.74) is 18.0. The minimum atomic E-state index is -7.19. The van der Waals surface area contributed by atoms with Crippen LogP contribution in [0.25, 0.3) is 0 Å². The number of quaternary nitrogens is 16. The molecule has 4 radical (unpaired) electrons. The van der Waals surface area contributed by atoms with Gasteiger partial charge >= 0.3 is 30.4 Å². The average Bonchev–Trinajstić information content (AvgIpc) is 2.97. The third-order valence-electron chi connectivity index (χ3n) is 7.56. The fourth-order valence-electron chi connectivity index (χ4n) is 5.04.